The van der Waals surface area contributed by atoms with Gasteiger partial charge < -0.3 is 24.3 Å². The van der Waals surface area contributed by atoms with Crippen LogP contribution in [0.3, 0.4) is 0 Å². The first-order chi connectivity index (χ1) is 16.1. The Balaban J connectivity index is 1.54. The highest BCUT2D eigenvalue weighted by Crippen LogP contribution is 2.29. The van der Waals surface area contributed by atoms with Crippen molar-refractivity contribution in [2.24, 2.45) is 0 Å². The zero-order valence-corrected chi connectivity index (χ0v) is 19.2. The number of methoxy groups -OCH3 is 3. The van der Waals surface area contributed by atoms with Crippen LogP contribution in [0.4, 0.5) is 0 Å². The van der Waals surface area contributed by atoms with E-state index < -0.39 is 0 Å². The van der Waals surface area contributed by atoms with Gasteiger partial charge in [0.05, 0.1) is 21.3 Å². The number of ether oxygens (including phenoxy) is 4. The van der Waals surface area contributed by atoms with Crippen molar-refractivity contribution >= 4 is 12.0 Å². The molecule has 172 valence electrons. The van der Waals surface area contributed by atoms with Gasteiger partial charge in [0, 0.05) is 24.3 Å². The maximum absolute atomic E-state index is 12.2. The topological polar surface area (TPSA) is 66.0 Å². The third kappa shape index (κ3) is 7.04. The Hall–Kier alpha value is -3.93. The predicted octanol–water partition coefficient (Wildman–Crippen LogP) is 4.66. The number of nitrogens with one attached hydrogen (secondary N) is 1. The van der Waals surface area contributed by atoms with Gasteiger partial charge in [-0.25, -0.2) is 0 Å². The number of benzene rings is 3. The normalized spacial score (nSPS) is 10.6. The second-order valence-electron chi connectivity index (χ2n) is 7.24. The van der Waals surface area contributed by atoms with Crippen LogP contribution < -0.4 is 24.3 Å². The fourth-order valence-corrected chi connectivity index (χ4v) is 3.24. The van der Waals surface area contributed by atoms with Crippen LogP contribution >= 0.6 is 0 Å². The first-order valence-corrected chi connectivity index (χ1v) is 10.6. The van der Waals surface area contributed by atoms with E-state index in [9.17, 15) is 4.79 Å². The molecule has 0 aliphatic heterocycles. The van der Waals surface area contributed by atoms with E-state index in [2.05, 4.69) is 5.32 Å². The van der Waals surface area contributed by atoms with Gasteiger partial charge in [0.25, 0.3) is 0 Å². The molecule has 0 aliphatic rings. The third-order valence-corrected chi connectivity index (χ3v) is 5.03. The molecule has 6 heteroatoms. The standard InChI is InChI=1S/C27H29NO5/c1-30-23-12-10-22(25(18-23)32-3)11-14-27(29)28-16-15-20-9-13-24(31-2)26(17-20)33-19-21-7-5-4-6-8-21/h4-14,17-18H,15-16,19H2,1-3H3,(H,28,29)/b14-11+. The molecule has 0 heterocycles. The summed E-state index contributed by atoms with van der Waals surface area (Å²) < 4.78 is 21.9. The second kappa shape index (κ2) is 12.2. The van der Waals surface area contributed by atoms with Gasteiger partial charge in [0.1, 0.15) is 18.1 Å². The summed E-state index contributed by atoms with van der Waals surface area (Å²) in [5.74, 6) is 2.51. The SMILES string of the molecule is COc1ccc(/C=C/C(=O)NCCc2ccc(OC)c(OCc3ccccc3)c2)c(OC)c1. The van der Waals surface area contributed by atoms with Crippen molar-refractivity contribution in [2.45, 2.75) is 13.0 Å². The van der Waals surface area contributed by atoms with E-state index in [-0.39, 0.29) is 5.91 Å². The lowest BCUT2D eigenvalue weighted by Crippen LogP contribution is -2.23. The van der Waals surface area contributed by atoms with E-state index in [4.69, 9.17) is 18.9 Å². The fraction of sp³-hybridized carbons (Fsp3) is 0.222. The molecule has 0 unspecified atom stereocenters. The van der Waals surface area contributed by atoms with Crippen LogP contribution in [0.1, 0.15) is 16.7 Å². The van der Waals surface area contributed by atoms with E-state index in [0.717, 1.165) is 16.7 Å². The Bertz CT molecular complexity index is 1080. The molecule has 3 aromatic rings. The minimum absolute atomic E-state index is 0.179. The van der Waals surface area contributed by atoms with Gasteiger partial charge in [-0.15, -0.1) is 0 Å². The number of amides is 1. The maximum atomic E-state index is 12.2. The van der Waals surface area contributed by atoms with Crippen molar-refractivity contribution in [3.63, 3.8) is 0 Å². The second-order valence-corrected chi connectivity index (χ2v) is 7.24. The van der Waals surface area contributed by atoms with Gasteiger partial charge in [0.2, 0.25) is 5.91 Å². The van der Waals surface area contributed by atoms with Crippen LogP contribution in [-0.4, -0.2) is 33.8 Å². The highest BCUT2D eigenvalue weighted by molar-refractivity contribution is 5.92. The van der Waals surface area contributed by atoms with Crippen molar-refractivity contribution in [2.75, 3.05) is 27.9 Å². The van der Waals surface area contributed by atoms with Crippen molar-refractivity contribution < 1.29 is 23.7 Å². The van der Waals surface area contributed by atoms with Gasteiger partial charge in [-0.1, -0.05) is 36.4 Å². The Kier molecular flexibility index (Phi) is 8.77. The van der Waals surface area contributed by atoms with Gasteiger partial charge in [-0.2, -0.15) is 0 Å². The highest BCUT2D eigenvalue weighted by Gasteiger charge is 2.07. The summed E-state index contributed by atoms with van der Waals surface area (Å²) in [6.45, 7) is 0.949. The predicted molar refractivity (Wildman–Crippen MR) is 129 cm³/mol. The molecule has 1 amide bonds. The first-order valence-electron chi connectivity index (χ1n) is 10.6. The van der Waals surface area contributed by atoms with Gasteiger partial charge in [-0.05, 0) is 47.9 Å². The van der Waals surface area contributed by atoms with E-state index >= 15 is 0 Å². The van der Waals surface area contributed by atoms with Crippen molar-refractivity contribution in [1.29, 1.82) is 0 Å². The summed E-state index contributed by atoms with van der Waals surface area (Å²) in [4.78, 5) is 12.2. The van der Waals surface area contributed by atoms with Crippen molar-refractivity contribution in [3.8, 4) is 23.0 Å². The molecule has 3 aromatic carbocycles. The van der Waals surface area contributed by atoms with Crippen molar-refractivity contribution in [1.82, 2.24) is 5.32 Å². The quantitative estimate of drug-likeness (QED) is 0.433. The lowest BCUT2D eigenvalue weighted by atomic mass is 10.1. The molecule has 0 atom stereocenters. The molecule has 6 nitrogen and oxygen atoms in total. The monoisotopic (exact) mass is 447 g/mol. The molecular weight excluding hydrogens is 418 g/mol. The van der Waals surface area contributed by atoms with E-state index in [1.54, 1.807) is 33.5 Å². The van der Waals surface area contributed by atoms with Crippen molar-refractivity contribution in [3.05, 3.63) is 89.5 Å². The number of rotatable bonds is 11. The molecule has 0 spiro atoms. The summed E-state index contributed by atoms with van der Waals surface area (Å²) in [5.41, 5.74) is 2.92. The molecule has 0 saturated heterocycles. The van der Waals surface area contributed by atoms with Crippen LogP contribution in [0.15, 0.2) is 72.8 Å². The van der Waals surface area contributed by atoms with E-state index in [1.165, 1.54) is 6.08 Å². The Morgan fingerprint density at radius 1 is 0.818 bits per heavy atom. The number of carbonyl (C=O) groups excluding carboxylic acids is 1. The number of hydrogen-bond acceptors (Lipinski definition) is 5. The van der Waals surface area contributed by atoms with Gasteiger partial charge >= 0.3 is 0 Å². The Labute approximate surface area is 194 Å². The highest BCUT2D eigenvalue weighted by atomic mass is 16.5. The molecule has 1 N–H and O–H groups in total. The average molecular weight is 448 g/mol. The van der Waals surface area contributed by atoms with E-state index in [0.29, 0.717) is 42.6 Å². The smallest absolute Gasteiger partial charge is 0.244 e. The molecular formula is C27H29NO5. The summed E-state index contributed by atoms with van der Waals surface area (Å²) in [7, 11) is 4.80. The summed E-state index contributed by atoms with van der Waals surface area (Å²) >= 11 is 0. The number of hydrogen-bond donors (Lipinski definition) is 1. The lowest BCUT2D eigenvalue weighted by Gasteiger charge is -2.13. The maximum Gasteiger partial charge on any atom is 0.244 e. The van der Waals surface area contributed by atoms with Crippen LogP contribution in [-0.2, 0) is 17.8 Å². The molecule has 3 rings (SSSR count). The summed E-state index contributed by atoms with van der Waals surface area (Å²) in [6.07, 6.45) is 3.88. The molecule has 0 aliphatic carbocycles. The van der Waals surface area contributed by atoms with Crippen LogP contribution in [0.25, 0.3) is 6.08 Å². The first kappa shape index (κ1) is 23.7. The zero-order chi connectivity index (χ0) is 23.5. The van der Waals surface area contributed by atoms with Gasteiger partial charge in [0.15, 0.2) is 11.5 Å². The van der Waals surface area contributed by atoms with Crippen LogP contribution in [0, 0.1) is 0 Å². The molecule has 0 fully saturated rings. The molecule has 33 heavy (non-hydrogen) atoms. The minimum atomic E-state index is -0.179. The Morgan fingerprint density at radius 2 is 1.61 bits per heavy atom. The molecule has 0 saturated carbocycles. The minimum Gasteiger partial charge on any atom is -0.497 e. The lowest BCUT2D eigenvalue weighted by molar-refractivity contribution is -0.116. The summed E-state index contributed by atoms with van der Waals surface area (Å²) in [6, 6.07) is 21.2. The van der Waals surface area contributed by atoms with Crippen LogP contribution in [0.2, 0.25) is 0 Å². The largest absolute Gasteiger partial charge is 0.497 e. The third-order valence-electron chi connectivity index (χ3n) is 5.03. The average Bonchev–Trinajstić information content (AvgIpc) is 2.86. The van der Waals surface area contributed by atoms with Gasteiger partial charge in [-0.3, -0.25) is 4.79 Å². The molecule has 0 aromatic heterocycles. The number of carbonyl (C=O) groups is 1. The molecule has 0 bridgehead atoms. The molecule has 0 radical (unpaired) electrons. The van der Waals surface area contributed by atoms with Crippen LogP contribution in [0.5, 0.6) is 23.0 Å². The fourth-order valence-electron chi connectivity index (χ4n) is 3.24. The zero-order valence-electron chi connectivity index (χ0n) is 19.2. The Morgan fingerprint density at radius 3 is 2.33 bits per heavy atom. The van der Waals surface area contributed by atoms with E-state index in [1.807, 2.05) is 60.7 Å². The summed E-state index contributed by atoms with van der Waals surface area (Å²) in [5, 5.41) is 2.90.